The fourth-order valence-corrected chi connectivity index (χ4v) is 7.70. The van der Waals surface area contributed by atoms with Crippen LogP contribution >= 0.6 is 23.5 Å². The van der Waals surface area contributed by atoms with E-state index in [4.69, 9.17) is 4.74 Å². The Balaban J connectivity index is 1.53. The molecule has 1 saturated heterocycles. The molecule has 0 spiro atoms. The fourth-order valence-electron chi connectivity index (χ4n) is 4.60. The molecule has 2 nitrogen and oxygen atoms in total. The number of ether oxygens (including phenoxy) is 1. The predicted octanol–water partition coefficient (Wildman–Crippen LogP) is 6.79. The van der Waals surface area contributed by atoms with E-state index in [1.807, 2.05) is 59.9 Å². The monoisotopic (exact) mass is 458 g/mol. The Hall–Kier alpha value is -2.43. The third-order valence-electron chi connectivity index (χ3n) is 6.09. The quantitative estimate of drug-likeness (QED) is 0.380. The lowest BCUT2D eigenvalue weighted by molar-refractivity contribution is -0.149. The molecule has 162 valence electrons. The number of thioether (sulfide) groups is 2. The van der Waals surface area contributed by atoms with Gasteiger partial charge in [-0.1, -0.05) is 91.0 Å². The lowest BCUT2D eigenvalue weighted by Gasteiger charge is -2.45. The van der Waals surface area contributed by atoms with Gasteiger partial charge in [0.15, 0.2) is 0 Å². The SMILES string of the molecule is O=C(OCc1ccccc1)[C@@H]1C(C2SCCCS2)=C(c2ccccc2)[C@H]1c1ccccc1. The van der Waals surface area contributed by atoms with E-state index in [2.05, 4.69) is 54.6 Å². The fraction of sp³-hybridized carbons (Fsp3) is 0.250. The second kappa shape index (κ2) is 10.0. The maximum absolute atomic E-state index is 13.5. The van der Waals surface area contributed by atoms with Gasteiger partial charge in [0, 0.05) is 5.92 Å². The minimum atomic E-state index is -0.237. The average molecular weight is 459 g/mol. The van der Waals surface area contributed by atoms with Crippen LogP contribution in [0.1, 0.15) is 29.0 Å². The highest BCUT2D eigenvalue weighted by Crippen LogP contribution is 2.58. The smallest absolute Gasteiger partial charge is 0.314 e. The average Bonchev–Trinajstić information content (AvgIpc) is 2.85. The van der Waals surface area contributed by atoms with E-state index < -0.39 is 0 Å². The van der Waals surface area contributed by atoms with Crippen molar-refractivity contribution in [2.24, 2.45) is 5.92 Å². The summed E-state index contributed by atoms with van der Waals surface area (Å²) in [6, 6.07) is 31.0. The number of rotatable bonds is 6. The minimum absolute atomic E-state index is 0.0278. The molecule has 2 aliphatic rings. The van der Waals surface area contributed by atoms with Gasteiger partial charge >= 0.3 is 5.97 Å². The summed E-state index contributed by atoms with van der Waals surface area (Å²) < 4.78 is 6.21. The molecular weight excluding hydrogens is 432 g/mol. The highest BCUT2D eigenvalue weighted by Gasteiger charge is 2.50. The minimum Gasteiger partial charge on any atom is -0.460 e. The number of carbonyl (C=O) groups is 1. The number of allylic oxidation sites excluding steroid dienone is 1. The van der Waals surface area contributed by atoms with Gasteiger partial charge in [0.25, 0.3) is 0 Å². The Morgan fingerprint density at radius 1 is 0.812 bits per heavy atom. The van der Waals surface area contributed by atoms with Crippen LogP contribution in [0, 0.1) is 5.92 Å². The van der Waals surface area contributed by atoms with Crippen molar-refractivity contribution in [1.29, 1.82) is 0 Å². The van der Waals surface area contributed by atoms with Gasteiger partial charge in [0.05, 0.1) is 10.5 Å². The van der Waals surface area contributed by atoms with E-state index in [1.165, 1.54) is 28.7 Å². The van der Waals surface area contributed by atoms with Crippen LogP contribution in [-0.2, 0) is 16.1 Å². The molecule has 5 rings (SSSR count). The van der Waals surface area contributed by atoms with Gasteiger partial charge in [-0.05, 0) is 45.8 Å². The zero-order valence-corrected chi connectivity index (χ0v) is 19.5. The van der Waals surface area contributed by atoms with Gasteiger partial charge in [-0.2, -0.15) is 0 Å². The largest absolute Gasteiger partial charge is 0.460 e. The van der Waals surface area contributed by atoms with Crippen molar-refractivity contribution >= 4 is 35.1 Å². The zero-order valence-electron chi connectivity index (χ0n) is 17.9. The normalized spacial score (nSPS) is 21.1. The van der Waals surface area contributed by atoms with E-state index in [0.717, 1.165) is 17.1 Å². The van der Waals surface area contributed by atoms with Crippen molar-refractivity contribution in [2.75, 3.05) is 11.5 Å². The third-order valence-corrected chi connectivity index (χ3v) is 9.07. The van der Waals surface area contributed by atoms with Crippen molar-refractivity contribution in [2.45, 2.75) is 23.5 Å². The maximum atomic E-state index is 13.5. The van der Waals surface area contributed by atoms with Crippen molar-refractivity contribution in [3.63, 3.8) is 0 Å². The Morgan fingerprint density at radius 3 is 2.06 bits per heavy atom. The molecule has 2 atom stereocenters. The Kier molecular flexibility index (Phi) is 6.70. The van der Waals surface area contributed by atoms with Crippen LogP contribution in [0.4, 0.5) is 0 Å². The van der Waals surface area contributed by atoms with Gasteiger partial charge in [0.2, 0.25) is 0 Å². The standard InChI is InChI=1S/C28H26O2S2/c29-27(30-19-20-11-4-1-5-12-20)25-23(21-13-6-2-7-14-21)24(22-15-8-3-9-16-22)26(25)28-31-17-10-18-32-28/h1-9,11-16,23,25,28H,10,17-19H2/t23-,25+/m1/s1. The molecule has 1 aliphatic carbocycles. The predicted molar refractivity (Wildman–Crippen MR) is 136 cm³/mol. The van der Waals surface area contributed by atoms with Crippen molar-refractivity contribution in [1.82, 2.24) is 0 Å². The van der Waals surface area contributed by atoms with Crippen LogP contribution in [-0.4, -0.2) is 22.1 Å². The molecule has 0 amide bonds. The van der Waals surface area contributed by atoms with Crippen LogP contribution in [0.3, 0.4) is 0 Å². The molecule has 3 aromatic carbocycles. The summed E-state index contributed by atoms with van der Waals surface area (Å²) in [7, 11) is 0. The summed E-state index contributed by atoms with van der Waals surface area (Å²) in [6.45, 7) is 0.316. The van der Waals surface area contributed by atoms with Crippen LogP contribution in [0.5, 0.6) is 0 Å². The lowest BCUT2D eigenvalue weighted by atomic mass is 9.63. The second-order valence-corrected chi connectivity index (χ2v) is 10.8. The van der Waals surface area contributed by atoms with E-state index in [1.54, 1.807) is 0 Å². The van der Waals surface area contributed by atoms with Crippen molar-refractivity contribution in [3.8, 4) is 0 Å². The number of hydrogen-bond acceptors (Lipinski definition) is 4. The van der Waals surface area contributed by atoms with E-state index in [9.17, 15) is 4.79 Å². The first-order valence-corrected chi connectivity index (χ1v) is 13.2. The first-order chi connectivity index (χ1) is 15.8. The molecule has 0 radical (unpaired) electrons. The molecule has 1 heterocycles. The number of esters is 1. The summed E-state index contributed by atoms with van der Waals surface area (Å²) >= 11 is 3.95. The maximum Gasteiger partial charge on any atom is 0.314 e. The van der Waals surface area contributed by atoms with Gasteiger partial charge < -0.3 is 4.74 Å². The molecule has 0 bridgehead atoms. The molecule has 0 aromatic heterocycles. The van der Waals surface area contributed by atoms with Gasteiger partial charge in [0.1, 0.15) is 6.61 Å². The van der Waals surface area contributed by atoms with Crippen LogP contribution in [0.2, 0.25) is 0 Å². The molecule has 4 heteroatoms. The lowest BCUT2D eigenvalue weighted by Crippen LogP contribution is -2.39. The molecule has 0 unspecified atom stereocenters. The molecule has 0 N–H and O–H groups in total. The first-order valence-electron chi connectivity index (χ1n) is 11.1. The van der Waals surface area contributed by atoms with Gasteiger partial charge in [-0.15, -0.1) is 23.5 Å². The topological polar surface area (TPSA) is 26.3 Å². The van der Waals surface area contributed by atoms with E-state index >= 15 is 0 Å². The zero-order chi connectivity index (χ0) is 21.8. The molecule has 0 saturated carbocycles. The summed E-state index contributed by atoms with van der Waals surface area (Å²) in [6.07, 6.45) is 1.23. The summed E-state index contributed by atoms with van der Waals surface area (Å²) in [4.78, 5) is 13.5. The van der Waals surface area contributed by atoms with Gasteiger partial charge in [-0.25, -0.2) is 0 Å². The highest BCUT2D eigenvalue weighted by atomic mass is 32.2. The molecule has 1 fully saturated rings. The van der Waals surface area contributed by atoms with E-state index in [-0.39, 0.29) is 17.8 Å². The Labute approximate surface area is 198 Å². The second-order valence-electron chi connectivity index (χ2n) is 8.12. The highest BCUT2D eigenvalue weighted by molar-refractivity contribution is 8.17. The molecule has 32 heavy (non-hydrogen) atoms. The molecule has 3 aromatic rings. The molecule has 1 aliphatic heterocycles. The van der Waals surface area contributed by atoms with Crippen LogP contribution in [0.25, 0.3) is 5.57 Å². The first kappa shape index (κ1) is 21.4. The van der Waals surface area contributed by atoms with Crippen LogP contribution < -0.4 is 0 Å². The Bertz CT molecular complexity index is 1070. The van der Waals surface area contributed by atoms with Crippen LogP contribution in [0.15, 0.2) is 96.6 Å². The van der Waals surface area contributed by atoms with E-state index in [0.29, 0.717) is 11.2 Å². The van der Waals surface area contributed by atoms with Crippen molar-refractivity contribution in [3.05, 3.63) is 113 Å². The van der Waals surface area contributed by atoms with Crippen molar-refractivity contribution < 1.29 is 9.53 Å². The molecular formula is C28H26O2S2. The summed E-state index contributed by atoms with van der Waals surface area (Å²) in [5, 5.41) is 0. The number of carbonyl (C=O) groups excluding carboxylic acids is 1. The number of hydrogen-bond donors (Lipinski definition) is 0. The number of benzene rings is 3. The van der Waals surface area contributed by atoms with Gasteiger partial charge in [-0.3, -0.25) is 4.79 Å². The Morgan fingerprint density at radius 2 is 1.41 bits per heavy atom. The summed E-state index contributed by atoms with van der Waals surface area (Å²) in [5.74, 6) is 1.97. The third kappa shape index (κ3) is 4.39. The summed E-state index contributed by atoms with van der Waals surface area (Å²) in [5.41, 5.74) is 5.99.